The standard InChI is InChI=1S/C24H22BrN3O/c1-16-7-12-20(17(2)13-16)24(29)26-14-23-27-21-5-3-4-6-22(21)28(23)15-18-8-10-19(25)11-9-18/h3-13H,14-15H2,1-2H3,(H,26,29). The van der Waals surface area contributed by atoms with E-state index in [1.54, 1.807) is 0 Å². The molecule has 0 saturated heterocycles. The molecule has 146 valence electrons. The van der Waals surface area contributed by atoms with Crippen LogP contribution in [0, 0.1) is 13.8 Å². The summed E-state index contributed by atoms with van der Waals surface area (Å²) in [5.74, 6) is 0.761. The van der Waals surface area contributed by atoms with Gasteiger partial charge in [-0.2, -0.15) is 0 Å². The monoisotopic (exact) mass is 447 g/mol. The summed E-state index contributed by atoms with van der Waals surface area (Å²) in [5, 5.41) is 3.04. The molecule has 5 heteroatoms. The van der Waals surface area contributed by atoms with Crippen LogP contribution in [0.4, 0.5) is 0 Å². The Labute approximate surface area is 178 Å². The Kier molecular flexibility index (Phi) is 5.49. The number of aromatic nitrogens is 2. The Bertz CT molecular complexity index is 1180. The maximum atomic E-state index is 12.7. The van der Waals surface area contributed by atoms with Crippen molar-refractivity contribution in [2.75, 3.05) is 0 Å². The second-order valence-corrected chi connectivity index (χ2v) is 8.15. The first kappa shape index (κ1) is 19.4. The Balaban J connectivity index is 1.61. The van der Waals surface area contributed by atoms with E-state index in [9.17, 15) is 4.79 Å². The van der Waals surface area contributed by atoms with Crippen molar-refractivity contribution in [3.05, 3.63) is 99.3 Å². The van der Waals surface area contributed by atoms with Gasteiger partial charge in [-0.05, 0) is 55.3 Å². The van der Waals surface area contributed by atoms with E-state index in [1.165, 1.54) is 5.56 Å². The van der Waals surface area contributed by atoms with Gasteiger partial charge in [0.05, 0.1) is 17.6 Å². The van der Waals surface area contributed by atoms with E-state index in [1.807, 2.05) is 62.4 Å². The molecule has 29 heavy (non-hydrogen) atoms. The Morgan fingerprint density at radius 3 is 2.55 bits per heavy atom. The normalized spacial score (nSPS) is 11.0. The highest BCUT2D eigenvalue weighted by atomic mass is 79.9. The largest absolute Gasteiger partial charge is 0.345 e. The van der Waals surface area contributed by atoms with Crippen molar-refractivity contribution in [2.45, 2.75) is 26.9 Å². The molecule has 4 aromatic rings. The number of nitrogens with zero attached hydrogens (tertiary/aromatic N) is 2. The van der Waals surface area contributed by atoms with Crippen molar-refractivity contribution >= 4 is 32.9 Å². The van der Waals surface area contributed by atoms with E-state index in [0.29, 0.717) is 18.7 Å². The highest BCUT2D eigenvalue weighted by Crippen LogP contribution is 2.19. The summed E-state index contributed by atoms with van der Waals surface area (Å²) >= 11 is 3.48. The average Bonchev–Trinajstić information content (AvgIpc) is 3.05. The number of carbonyl (C=O) groups is 1. The molecule has 0 bridgehead atoms. The number of hydrogen-bond acceptors (Lipinski definition) is 2. The molecule has 0 radical (unpaired) electrons. The van der Waals surface area contributed by atoms with Crippen molar-refractivity contribution in [2.24, 2.45) is 0 Å². The summed E-state index contributed by atoms with van der Waals surface area (Å²) in [7, 11) is 0. The second kappa shape index (κ2) is 8.21. The van der Waals surface area contributed by atoms with Crippen LogP contribution in [-0.4, -0.2) is 15.5 Å². The van der Waals surface area contributed by atoms with Gasteiger partial charge in [0.1, 0.15) is 5.82 Å². The molecule has 0 aliphatic rings. The number of carbonyl (C=O) groups excluding carboxylic acids is 1. The number of rotatable bonds is 5. The number of hydrogen-bond donors (Lipinski definition) is 1. The summed E-state index contributed by atoms with van der Waals surface area (Å²) in [4.78, 5) is 17.5. The zero-order valence-corrected chi connectivity index (χ0v) is 18.0. The fourth-order valence-corrected chi connectivity index (χ4v) is 3.80. The van der Waals surface area contributed by atoms with E-state index >= 15 is 0 Å². The van der Waals surface area contributed by atoms with Gasteiger partial charge in [0.25, 0.3) is 5.91 Å². The molecule has 1 amide bonds. The molecule has 0 aliphatic heterocycles. The van der Waals surface area contributed by atoms with E-state index in [2.05, 4.69) is 44.0 Å². The van der Waals surface area contributed by atoms with E-state index in [0.717, 1.165) is 32.5 Å². The highest BCUT2D eigenvalue weighted by molar-refractivity contribution is 9.10. The molecule has 3 aromatic carbocycles. The van der Waals surface area contributed by atoms with Crippen molar-refractivity contribution in [3.8, 4) is 0 Å². The second-order valence-electron chi connectivity index (χ2n) is 7.23. The summed E-state index contributed by atoms with van der Waals surface area (Å²) in [6.45, 7) is 5.06. The van der Waals surface area contributed by atoms with Crippen LogP contribution in [0.3, 0.4) is 0 Å². The Morgan fingerprint density at radius 2 is 1.79 bits per heavy atom. The van der Waals surface area contributed by atoms with Crippen molar-refractivity contribution in [1.29, 1.82) is 0 Å². The van der Waals surface area contributed by atoms with Crippen LogP contribution in [-0.2, 0) is 13.1 Å². The van der Waals surface area contributed by atoms with Gasteiger partial charge in [0.2, 0.25) is 0 Å². The van der Waals surface area contributed by atoms with E-state index in [4.69, 9.17) is 4.98 Å². The highest BCUT2D eigenvalue weighted by Gasteiger charge is 2.14. The fraction of sp³-hybridized carbons (Fsp3) is 0.167. The number of para-hydroxylation sites is 2. The molecule has 0 unspecified atom stereocenters. The van der Waals surface area contributed by atoms with Crippen LogP contribution in [0.2, 0.25) is 0 Å². The number of benzene rings is 3. The van der Waals surface area contributed by atoms with Crippen molar-refractivity contribution < 1.29 is 4.79 Å². The third kappa shape index (κ3) is 4.25. The number of imidazole rings is 1. The van der Waals surface area contributed by atoms with E-state index in [-0.39, 0.29) is 5.91 Å². The predicted octanol–water partition coefficient (Wildman–Crippen LogP) is 5.39. The minimum Gasteiger partial charge on any atom is -0.345 e. The number of halogens is 1. The van der Waals surface area contributed by atoms with Crippen LogP contribution < -0.4 is 5.32 Å². The number of amides is 1. The van der Waals surface area contributed by atoms with Crippen LogP contribution >= 0.6 is 15.9 Å². The Hall–Kier alpha value is -2.92. The van der Waals surface area contributed by atoms with Gasteiger partial charge in [-0.1, -0.05) is 57.9 Å². The van der Waals surface area contributed by atoms with Gasteiger partial charge < -0.3 is 9.88 Å². The van der Waals surface area contributed by atoms with Crippen LogP contribution in [0.1, 0.15) is 32.9 Å². The summed E-state index contributed by atoms with van der Waals surface area (Å²) in [6, 6.07) is 22.2. The lowest BCUT2D eigenvalue weighted by atomic mass is 10.1. The topological polar surface area (TPSA) is 46.9 Å². The SMILES string of the molecule is Cc1ccc(C(=O)NCc2nc3ccccc3n2Cc2ccc(Br)cc2)c(C)c1. The lowest BCUT2D eigenvalue weighted by Crippen LogP contribution is -2.25. The van der Waals surface area contributed by atoms with Crippen molar-refractivity contribution in [3.63, 3.8) is 0 Å². The molecular weight excluding hydrogens is 426 g/mol. The van der Waals surface area contributed by atoms with E-state index < -0.39 is 0 Å². The smallest absolute Gasteiger partial charge is 0.251 e. The third-order valence-corrected chi connectivity index (χ3v) is 5.55. The first-order valence-electron chi connectivity index (χ1n) is 9.55. The third-order valence-electron chi connectivity index (χ3n) is 5.02. The first-order valence-corrected chi connectivity index (χ1v) is 10.3. The summed E-state index contributed by atoms with van der Waals surface area (Å²) in [6.07, 6.45) is 0. The van der Waals surface area contributed by atoms with Gasteiger partial charge in [-0.25, -0.2) is 4.98 Å². The van der Waals surface area contributed by atoms with Gasteiger partial charge in [-0.3, -0.25) is 4.79 Å². The predicted molar refractivity (Wildman–Crippen MR) is 120 cm³/mol. The molecule has 4 nitrogen and oxygen atoms in total. The van der Waals surface area contributed by atoms with Gasteiger partial charge in [-0.15, -0.1) is 0 Å². The lowest BCUT2D eigenvalue weighted by molar-refractivity contribution is 0.0949. The molecule has 0 spiro atoms. The zero-order valence-electron chi connectivity index (χ0n) is 16.4. The zero-order chi connectivity index (χ0) is 20.4. The Morgan fingerprint density at radius 1 is 1.03 bits per heavy atom. The molecule has 1 N–H and O–H groups in total. The fourth-order valence-electron chi connectivity index (χ4n) is 3.53. The maximum absolute atomic E-state index is 12.7. The average molecular weight is 448 g/mol. The van der Waals surface area contributed by atoms with Gasteiger partial charge in [0, 0.05) is 16.6 Å². The number of nitrogens with one attached hydrogen (secondary N) is 1. The number of fused-ring (bicyclic) bond motifs is 1. The summed E-state index contributed by atoms with van der Waals surface area (Å²) in [5.41, 5.74) is 6.00. The van der Waals surface area contributed by atoms with Crippen LogP contribution in [0.5, 0.6) is 0 Å². The molecule has 0 saturated carbocycles. The summed E-state index contributed by atoms with van der Waals surface area (Å²) < 4.78 is 3.22. The molecule has 4 rings (SSSR count). The molecule has 0 atom stereocenters. The molecule has 1 aromatic heterocycles. The maximum Gasteiger partial charge on any atom is 0.251 e. The van der Waals surface area contributed by atoms with Gasteiger partial charge >= 0.3 is 0 Å². The molecule has 0 fully saturated rings. The van der Waals surface area contributed by atoms with Crippen LogP contribution in [0.25, 0.3) is 11.0 Å². The van der Waals surface area contributed by atoms with Gasteiger partial charge in [0.15, 0.2) is 0 Å². The quantitative estimate of drug-likeness (QED) is 0.445. The van der Waals surface area contributed by atoms with Crippen molar-refractivity contribution in [1.82, 2.24) is 14.9 Å². The first-order chi connectivity index (χ1) is 14.0. The molecular formula is C24H22BrN3O. The van der Waals surface area contributed by atoms with Crippen LogP contribution in [0.15, 0.2) is 71.2 Å². The minimum atomic E-state index is -0.0789. The molecule has 0 aliphatic carbocycles. The number of aryl methyl sites for hydroxylation is 2. The minimum absolute atomic E-state index is 0.0789. The lowest BCUT2D eigenvalue weighted by Gasteiger charge is -2.12. The molecule has 1 heterocycles.